The van der Waals surface area contributed by atoms with Crippen LogP contribution in [0.25, 0.3) is 0 Å². The molecule has 2 rings (SSSR count). The number of hydrogen-bond acceptors (Lipinski definition) is 1. The zero-order valence-electron chi connectivity index (χ0n) is 10.3. The molecule has 0 radical (unpaired) electrons. The van der Waals surface area contributed by atoms with Gasteiger partial charge in [0.1, 0.15) is 0 Å². The predicted octanol–water partition coefficient (Wildman–Crippen LogP) is 3.97. The van der Waals surface area contributed by atoms with Gasteiger partial charge in [-0.25, -0.2) is 0 Å². The van der Waals surface area contributed by atoms with Gasteiger partial charge in [-0.1, -0.05) is 43.3 Å². The van der Waals surface area contributed by atoms with E-state index in [2.05, 4.69) is 51.6 Å². The molecule has 3 atom stereocenters. The van der Waals surface area contributed by atoms with E-state index < -0.39 is 0 Å². The lowest BCUT2D eigenvalue weighted by Crippen LogP contribution is -2.27. The summed E-state index contributed by atoms with van der Waals surface area (Å²) in [5.41, 5.74) is 1.16. The Morgan fingerprint density at radius 3 is 2.38 bits per heavy atom. The Balaban J connectivity index is 2.30. The fraction of sp³-hybridized carbons (Fsp3) is 0.467. The third kappa shape index (κ3) is 1.80. The van der Waals surface area contributed by atoms with Gasteiger partial charge in [-0.15, -0.1) is 6.58 Å². The highest BCUT2D eigenvalue weighted by Crippen LogP contribution is 2.48. The lowest BCUT2D eigenvalue weighted by molar-refractivity contribution is -0.0290. The summed E-state index contributed by atoms with van der Waals surface area (Å²) in [7, 11) is 0. The highest BCUT2D eigenvalue weighted by atomic mass is 16.5. The van der Waals surface area contributed by atoms with Crippen LogP contribution in [-0.2, 0) is 4.74 Å². The first kappa shape index (κ1) is 11.4. The van der Waals surface area contributed by atoms with Crippen molar-refractivity contribution in [3.63, 3.8) is 0 Å². The number of rotatable bonds is 2. The van der Waals surface area contributed by atoms with E-state index in [1.165, 1.54) is 5.56 Å². The summed E-state index contributed by atoms with van der Waals surface area (Å²) < 4.78 is 6.18. The Morgan fingerprint density at radius 1 is 1.25 bits per heavy atom. The van der Waals surface area contributed by atoms with Crippen LogP contribution in [0.2, 0.25) is 0 Å². The van der Waals surface area contributed by atoms with Gasteiger partial charge < -0.3 is 4.74 Å². The van der Waals surface area contributed by atoms with Crippen LogP contribution in [-0.4, -0.2) is 5.60 Å². The third-order valence-electron chi connectivity index (χ3n) is 3.66. The molecule has 0 N–H and O–H groups in total. The van der Waals surface area contributed by atoms with Crippen molar-refractivity contribution in [2.75, 3.05) is 0 Å². The van der Waals surface area contributed by atoms with E-state index in [-0.39, 0.29) is 11.7 Å². The van der Waals surface area contributed by atoms with Crippen LogP contribution in [0, 0.1) is 11.8 Å². The lowest BCUT2D eigenvalue weighted by atomic mass is 9.81. The SMILES string of the molecule is C=C[C@@H]1[C@@H](C)[C@H](c2ccccc2)OC1(C)C. The molecule has 1 aliphatic heterocycles. The molecule has 1 heterocycles. The molecular weight excluding hydrogens is 196 g/mol. The summed E-state index contributed by atoms with van der Waals surface area (Å²) in [6.45, 7) is 10.5. The van der Waals surface area contributed by atoms with Crippen LogP contribution < -0.4 is 0 Å². The maximum Gasteiger partial charge on any atom is 0.0864 e. The third-order valence-corrected chi connectivity index (χ3v) is 3.66. The molecule has 0 aliphatic carbocycles. The van der Waals surface area contributed by atoms with Gasteiger partial charge in [0.2, 0.25) is 0 Å². The molecule has 1 aromatic rings. The van der Waals surface area contributed by atoms with Crippen molar-refractivity contribution in [2.45, 2.75) is 32.5 Å². The average Bonchev–Trinajstić information content (AvgIpc) is 2.50. The van der Waals surface area contributed by atoms with E-state index in [4.69, 9.17) is 4.74 Å². The minimum Gasteiger partial charge on any atom is -0.367 e. The summed E-state index contributed by atoms with van der Waals surface area (Å²) in [4.78, 5) is 0. The Bertz CT molecular complexity index is 366. The Morgan fingerprint density at radius 2 is 1.88 bits per heavy atom. The monoisotopic (exact) mass is 216 g/mol. The van der Waals surface area contributed by atoms with E-state index in [0.29, 0.717) is 11.8 Å². The van der Waals surface area contributed by atoms with Gasteiger partial charge in [0, 0.05) is 5.92 Å². The molecule has 1 heteroatoms. The summed E-state index contributed by atoms with van der Waals surface area (Å²) >= 11 is 0. The van der Waals surface area contributed by atoms with Crippen LogP contribution >= 0.6 is 0 Å². The first-order valence-electron chi connectivity index (χ1n) is 5.91. The lowest BCUT2D eigenvalue weighted by Gasteiger charge is -2.24. The number of ether oxygens (including phenoxy) is 1. The van der Waals surface area contributed by atoms with E-state index in [9.17, 15) is 0 Å². The quantitative estimate of drug-likeness (QED) is 0.680. The Kier molecular flexibility index (Phi) is 2.90. The molecule has 0 aromatic heterocycles. The predicted molar refractivity (Wildman–Crippen MR) is 67.2 cm³/mol. The van der Waals surface area contributed by atoms with Crippen molar-refractivity contribution in [3.05, 3.63) is 48.6 Å². The minimum absolute atomic E-state index is 0.109. The molecule has 1 aliphatic rings. The van der Waals surface area contributed by atoms with Gasteiger partial charge >= 0.3 is 0 Å². The van der Waals surface area contributed by atoms with Crippen molar-refractivity contribution in [1.29, 1.82) is 0 Å². The molecule has 0 amide bonds. The highest BCUT2D eigenvalue weighted by Gasteiger charge is 2.45. The van der Waals surface area contributed by atoms with Crippen LogP contribution in [0.1, 0.15) is 32.4 Å². The van der Waals surface area contributed by atoms with Gasteiger partial charge in [-0.05, 0) is 25.3 Å². The molecule has 0 saturated carbocycles. The zero-order valence-corrected chi connectivity index (χ0v) is 10.3. The van der Waals surface area contributed by atoms with Gasteiger partial charge in [-0.3, -0.25) is 0 Å². The molecule has 1 fully saturated rings. The minimum atomic E-state index is -0.109. The van der Waals surface area contributed by atoms with Crippen molar-refractivity contribution < 1.29 is 4.74 Å². The topological polar surface area (TPSA) is 9.23 Å². The van der Waals surface area contributed by atoms with Crippen LogP contribution in [0.4, 0.5) is 0 Å². The van der Waals surface area contributed by atoms with Crippen molar-refractivity contribution >= 4 is 0 Å². The number of benzene rings is 1. The molecule has 86 valence electrons. The molecule has 1 aromatic carbocycles. The smallest absolute Gasteiger partial charge is 0.0864 e. The van der Waals surface area contributed by atoms with Crippen LogP contribution in [0.5, 0.6) is 0 Å². The second-order valence-corrected chi connectivity index (χ2v) is 5.17. The van der Waals surface area contributed by atoms with E-state index in [1.807, 2.05) is 12.1 Å². The van der Waals surface area contributed by atoms with Gasteiger partial charge in [0.15, 0.2) is 0 Å². The van der Waals surface area contributed by atoms with Gasteiger partial charge in [-0.2, -0.15) is 0 Å². The molecular formula is C15H20O. The van der Waals surface area contributed by atoms with Gasteiger partial charge in [0.25, 0.3) is 0 Å². The zero-order chi connectivity index (χ0) is 11.8. The fourth-order valence-corrected chi connectivity index (χ4v) is 2.85. The molecule has 0 unspecified atom stereocenters. The molecule has 0 bridgehead atoms. The normalized spacial score (nSPS) is 32.6. The molecule has 16 heavy (non-hydrogen) atoms. The Hall–Kier alpha value is -1.08. The number of hydrogen-bond donors (Lipinski definition) is 0. The second kappa shape index (κ2) is 4.06. The highest BCUT2D eigenvalue weighted by molar-refractivity contribution is 5.21. The average molecular weight is 216 g/mol. The maximum atomic E-state index is 6.18. The first-order valence-corrected chi connectivity index (χ1v) is 5.91. The van der Waals surface area contributed by atoms with Crippen LogP contribution in [0.3, 0.4) is 0 Å². The van der Waals surface area contributed by atoms with Crippen molar-refractivity contribution in [2.24, 2.45) is 11.8 Å². The second-order valence-electron chi connectivity index (χ2n) is 5.17. The Labute approximate surface area is 98.1 Å². The summed E-state index contributed by atoms with van der Waals surface area (Å²) in [5, 5.41) is 0. The maximum absolute atomic E-state index is 6.18. The van der Waals surface area contributed by atoms with E-state index in [1.54, 1.807) is 0 Å². The standard InChI is InChI=1S/C15H20O/c1-5-13-11(2)14(16-15(13,3)4)12-9-7-6-8-10-12/h5-11,13-14H,1H2,2-4H3/t11-,13-,14-/m1/s1. The van der Waals surface area contributed by atoms with Gasteiger partial charge in [0.05, 0.1) is 11.7 Å². The van der Waals surface area contributed by atoms with Crippen molar-refractivity contribution in [1.82, 2.24) is 0 Å². The van der Waals surface area contributed by atoms with E-state index >= 15 is 0 Å². The molecule has 0 spiro atoms. The molecule has 1 saturated heterocycles. The largest absolute Gasteiger partial charge is 0.367 e. The molecule has 1 nitrogen and oxygen atoms in total. The van der Waals surface area contributed by atoms with Crippen LogP contribution in [0.15, 0.2) is 43.0 Å². The first-order chi connectivity index (χ1) is 7.56. The van der Waals surface area contributed by atoms with Crippen molar-refractivity contribution in [3.8, 4) is 0 Å². The summed E-state index contributed by atoms with van der Waals surface area (Å²) in [5.74, 6) is 0.896. The fourth-order valence-electron chi connectivity index (χ4n) is 2.85. The summed E-state index contributed by atoms with van der Waals surface area (Å²) in [6.07, 6.45) is 2.23. The summed E-state index contributed by atoms with van der Waals surface area (Å²) in [6, 6.07) is 10.5. The van der Waals surface area contributed by atoms with E-state index in [0.717, 1.165) is 0 Å².